The van der Waals surface area contributed by atoms with Crippen LogP contribution in [0.5, 0.6) is 0 Å². The molecule has 100 valence electrons. The van der Waals surface area contributed by atoms with Gasteiger partial charge >= 0.3 is 0 Å². The second-order valence-corrected chi connectivity index (χ2v) is 5.30. The molecule has 0 aliphatic carbocycles. The fraction of sp³-hybridized carbons (Fsp3) is 0.600. The van der Waals surface area contributed by atoms with Gasteiger partial charge in [-0.15, -0.1) is 0 Å². The first-order valence-electron chi connectivity index (χ1n) is 6.75. The Hall–Kier alpha value is -0.930. The molecule has 0 aromatic heterocycles. The van der Waals surface area contributed by atoms with Gasteiger partial charge in [-0.25, -0.2) is 4.39 Å². The minimum atomic E-state index is -0.169. The van der Waals surface area contributed by atoms with E-state index in [9.17, 15) is 4.39 Å². The van der Waals surface area contributed by atoms with Crippen LogP contribution >= 0.6 is 0 Å². The molecule has 1 heterocycles. The van der Waals surface area contributed by atoms with E-state index in [1.165, 1.54) is 17.7 Å². The second-order valence-electron chi connectivity index (χ2n) is 5.30. The summed E-state index contributed by atoms with van der Waals surface area (Å²) in [5.74, 6) is -0.169. The topological polar surface area (TPSA) is 21.3 Å². The minimum Gasteiger partial charge on any atom is -0.378 e. The highest BCUT2D eigenvalue weighted by Crippen LogP contribution is 2.14. The average molecular weight is 251 g/mol. The SMILES string of the molecule is CC(Cc1ccc(F)cc1)NC1CCOC(C)C1. The van der Waals surface area contributed by atoms with Gasteiger partial charge in [-0.05, 0) is 50.8 Å². The summed E-state index contributed by atoms with van der Waals surface area (Å²) < 4.78 is 18.3. The molecule has 0 saturated carbocycles. The highest BCUT2D eigenvalue weighted by atomic mass is 19.1. The van der Waals surface area contributed by atoms with Crippen molar-refractivity contribution in [3.8, 4) is 0 Å². The number of rotatable bonds is 4. The molecule has 2 nitrogen and oxygen atoms in total. The van der Waals surface area contributed by atoms with Gasteiger partial charge in [0.2, 0.25) is 0 Å². The lowest BCUT2D eigenvalue weighted by atomic mass is 10.0. The average Bonchev–Trinajstić information content (AvgIpc) is 2.32. The van der Waals surface area contributed by atoms with E-state index in [-0.39, 0.29) is 5.82 Å². The van der Waals surface area contributed by atoms with Crippen molar-refractivity contribution in [2.45, 2.75) is 51.3 Å². The zero-order chi connectivity index (χ0) is 13.0. The van der Waals surface area contributed by atoms with E-state index in [1.807, 2.05) is 12.1 Å². The van der Waals surface area contributed by atoms with Crippen LogP contribution in [0.4, 0.5) is 4.39 Å². The number of benzene rings is 1. The van der Waals surface area contributed by atoms with Crippen molar-refractivity contribution >= 4 is 0 Å². The van der Waals surface area contributed by atoms with Gasteiger partial charge in [0.1, 0.15) is 5.82 Å². The van der Waals surface area contributed by atoms with Crippen LogP contribution in [-0.4, -0.2) is 24.8 Å². The molecule has 0 spiro atoms. The van der Waals surface area contributed by atoms with E-state index in [2.05, 4.69) is 19.2 Å². The Morgan fingerprint density at radius 2 is 2.11 bits per heavy atom. The summed E-state index contributed by atoms with van der Waals surface area (Å²) in [6, 6.07) is 7.73. The standard InChI is InChI=1S/C15H22FNO/c1-11(9-13-3-5-14(16)6-4-13)17-15-7-8-18-12(2)10-15/h3-6,11-12,15,17H,7-10H2,1-2H3. The van der Waals surface area contributed by atoms with Crippen molar-refractivity contribution in [3.63, 3.8) is 0 Å². The van der Waals surface area contributed by atoms with Crippen LogP contribution in [-0.2, 0) is 11.2 Å². The van der Waals surface area contributed by atoms with E-state index >= 15 is 0 Å². The summed E-state index contributed by atoms with van der Waals surface area (Å²) in [6.45, 7) is 5.16. The van der Waals surface area contributed by atoms with Crippen LogP contribution in [0, 0.1) is 5.82 Å². The Bertz CT molecular complexity index is 365. The van der Waals surface area contributed by atoms with Gasteiger partial charge in [0.15, 0.2) is 0 Å². The van der Waals surface area contributed by atoms with Crippen LogP contribution in [0.3, 0.4) is 0 Å². The molecular formula is C15H22FNO. The third kappa shape index (κ3) is 4.07. The predicted molar refractivity (Wildman–Crippen MR) is 71.1 cm³/mol. The van der Waals surface area contributed by atoms with Crippen molar-refractivity contribution in [1.82, 2.24) is 5.32 Å². The van der Waals surface area contributed by atoms with Crippen molar-refractivity contribution in [3.05, 3.63) is 35.6 Å². The van der Waals surface area contributed by atoms with Crippen molar-refractivity contribution in [2.24, 2.45) is 0 Å². The van der Waals surface area contributed by atoms with Crippen molar-refractivity contribution < 1.29 is 9.13 Å². The summed E-state index contributed by atoms with van der Waals surface area (Å²) in [4.78, 5) is 0. The van der Waals surface area contributed by atoms with E-state index in [1.54, 1.807) is 0 Å². The first-order chi connectivity index (χ1) is 8.63. The molecule has 1 aliphatic heterocycles. The molecule has 1 aromatic carbocycles. The summed E-state index contributed by atoms with van der Waals surface area (Å²) in [5.41, 5.74) is 1.18. The highest BCUT2D eigenvalue weighted by Gasteiger charge is 2.20. The van der Waals surface area contributed by atoms with Gasteiger partial charge in [0.05, 0.1) is 6.10 Å². The Labute approximate surface area is 109 Å². The van der Waals surface area contributed by atoms with E-state index < -0.39 is 0 Å². The molecule has 3 heteroatoms. The van der Waals surface area contributed by atoms with Gasteiger partial charge in [0.25, 0.3) is 0 Å². The van der Waals surface area contributed by atoms with E-state index in [0.29, 0.717) is 18.2 Å². The lowest BCUT2D eigenvalue weighted by Gasteiger charge is -2.30. The number of hydrogen-bond acceptors (Lipinski definition) is 2. The Kier molecular flexibility index (Phi) is 4.72. The molecule has 1 N–H and O–H groups in total. The van der Waals surface area contributed by atoms with Crippen LogP contribution in [0.2, 0.25) is 0 Å². The molecule has 18 heavy (non-hydrogen) atoms. The normalized spacial score (nSPS) is 25.9. The fourth-order valence-corrected chi connectivity index (χ4v) is 2.58. The molecule has 1 fully saturated rings. The molecule has 3 atom stereocenters. The van der Waals surface area contributed by atoms with Crippen LogP contribution in [0.25, 0.3) is 0 Å². The zero-order valence-corrected chi connectivity index (χ0v) is 11.2. The third-order valence-electron chi connectivity index (χ3n) is 3.46. The number of hydrogen-bond donors (Lipinski definition) is 1. The zero-order valence-electron chi connectivity index (χ0n) is 11.2. The monoisotopic (exact) mass is 251 g/mol. The lowest BCUT2D eigenvalue weighted by molar-refractivity contribution is 0.0116. The molecule has 1 aliphatic rings. The molecule has 0 radical (unpaired) electrons. The Morgan fingerprint density at radius 1 is 1.39 bits per heavy atom. The predicted octanol–water partition coefficient (Wildman–Crippen LogP) is 2.91. The minimum absolute atomic E-state index is 0.169. The van der Waals surface area contributed by atoms with Gasteiger partial charge in [-0.2, -0.15) is 0 Å². The maximum Gasteiger partial charge on any atom is 0.123 e. The molecule has 0 amide bonds. The number of nitrogens with one attached hydrogen (secondary N) is 1. The van der Waals surface area contributed by atoms with Crippen molar-refractivity contribution in [2.75, 3.05) is 6.61 Å². The first-order valence-corrected chi connectivity index (χ1v) is 6.75. The molecular weight excluding hydrogens is 229 g/mol. The number of halogens is 1. The van der Waals surface area contributed by atoms with Gasteiger partial charge < -0.3 is 10.1 Å². The van der Waals surface area contributed by atoms with Gasteiger partial charge in [-0.3, -0.25) is 0 Å². The Balaban J connectivity index is 1.81. The summed E-state index contributed by atoms with van der Waals surface area (Å²) >= 11 is 0. The molecule has 1 saturated heterocycles. The maximum atomic E-state index is 12.8. The second kappa shape index (κ2) is 6.30. The first kappa shape index (κ1) is 13.5. The summed E-state index contributed by atoms with van der Waals surface area (Å²) in [7, 11) is 0. The Morgan fingerprint density at radius 3 is 2.78 bits per heavy atom. The lowest BCUT2D eigenvalue weighted by Crippen LogP contribution is -2.43. The van der Waals surface area contributed by atoms with E-state index in [4.69, 9.17) is 4.74 Å². The highest BCUT2D eigenvalue weighted by molar-refractivity contribution is 5.17. The van der Waals surface area contributed by atoms with Gasteiger partial charge in [0, 0.05) is 18.7 Å². The van der Waals surface area contributed by atoms with Crippen molar-refractivity contribution in [1.29, 1.82) is 0 Å². The summed E-state index contributed by atoms with van der Waals surface area (Å²) in [6.07, 6.45) is 3.45. The molecule has 2 rings (SSSR count). The third-order valence-corrected chi connectivity index (χ3v) is 3.46. The maximum absolute atomic E-state index is 12.8. The quantitative estimate of drug-likeness (QED) is 0.888. The van der Waals surface area contributed by atoms with Gasteiger partial charge in [-0.1, -0.05) is 12.1 Å². The number of ether oxygens (including phenoxy) is 1. The van der Waals surface area contributed by atoms with Crippen LogP contribution in [0.15, 0.2) is 24.3 Å². The van der Waals surface area contributed by atoms with Crippen LogP contribution < -0.4 is 5.32 Å². The molecule has 3 unspecified atom stereocenters. The molecule has 1 aromatic rings. The van der Waals surface area contributed by atoms with E-state index in [0.717, 1.165) is 25.9 Å². The largest absolute Gasteiger partial charge is 0.378 e. The van der Waals surface area contributed by atoms with Crippen LogP contribution in [0.1, 0.15) is 32.3 Å². The fourth-order valence-electron chi connectivity index (χ4n) is 2.58. The smallest absolute Gasteiger partial charge is 0.123 e. The molecule has 0 bridgehead atoms. The summed E-state index contributed by atoms with van der Waals surface area (Å²) in [5, 5.41) is 3.64.